The molecule has 2 aliphatic rings. The van der Waals surface area contributed by atoms with Gasteiger partial charge in [-0.15, -0.1) is 17.8 Å². The number of fused-ring (bicyclic) bond motifs is 2. The molecular weight excluding hydrogens is 298 g/mol. The molecule has 1 fully saturated rings. The topological polar surface area (TPSA) is 3.24 Å². The van der Waals surface area contributed by atoms with Crippen molar-refractivity contribution in [2.45, 2.75) is 64.3 Å². The highest BCUT2D eigenvalue weighted by Gasteiger charge is 2.41. The Hall–Kier alpha value is -0.490. The monoisotopic (exact) mass is 323 g/mol. The molecular formula is C18H26ClNS. The largest absolute Gasteiger partial charge is 0.290 e. The summed E-state index contributed by atoms with van der Waals surface area (Å²) in [4.78, 5) is 4.02. The van der Waals surface area contributed by atoms with E-state index in [4.69, 9.17) is 18.0 Å². The Kier molecular flexibility index (Phi) is 5.77. The molecule has 1 nitrogen and oxygen atoms in total. The van der Waals surface area contributed by atoms with Gasteiger partial charge in [0.1, 0.15) is 0 Å². The number of piperidine rings is 1. The van der Waals surface area contributed by atoms with Crippen LogP contribution in [0.5, 0.6) is 0 Å². The summed E-state index contributed by atoms with van der Waals surface area (Å²) in [7, 11) is 0. The first-order valence-electron chi connectivity index (χ1n) is 8.13. The zero-order valence-corrected chi connectivity index (χ0v) is 15.0. The second kappa shape index (κ2) is 7.18. The van der Waals surface area contributed by atoms with Crippen molar-refractivity contribution >= 4 is 22.9 Å². The quantitative estimate of drug-likeness (QED) is 0.648. The van der Waals surface area contributed by atoms with Gasteiger partial charge in [0.25, 0.3) is 0 Å². The number of terminal acetylenes is 1. The zero-order chi connectivity index (χ0) is 15.5. The SMILES string of the molecule is C#CC(C)N1CCC2(CCCc3cc(Cl)sc32)CC1.CC. The number of hydrogen-bond donors (Lipinski definition) is 0. The van der Waals surface area contributed by atoms with E-state index >= 15 is 0 Å². The van der Waals surface area contributed by atoms with Crippen LogP contribution in [0, 0.1) is 12.3 Å². The van der Waals surface area contributed by atoms with Crippen LogP contribution in [0.3, 0.4) is 0 Å². The second-order valence-corrected chi connectivity index (χ2v) is 7.60. The van der Waals surface area contributed by atoms with Crippen LogP contribution in [-0.2, 0) is 11.8 Å². The van der Waals surface area contributed by atoms with E-state index in [9.17, 15) is 0 Å². The van der Waals surface area contributed by atoms with Gasteiger partial charge in [0.05, 0.1) is 10.4 Å². The van der Waals surface area contributed by atoms with Crippen LogP contribution in [0.25, 0.3) is 0 Å². The van der Waals surface area contributed by atoms with E-state index in [2.05, 4.69) is 23.8 Å². The van der Waals surface area contributed by atoms with E-state index in [1.54, 1.807) is 4.88 Å². The van der Waals surface area contributed by atoms with Gasteiger partial charge in [0, 0.05) is 23.4 Å². The molecule has 116 valence electrons. The molecule has 0 N–H and O–H groups in total. The van der Waals surface area contributed by atoms with Crippen LogP contribution in [-0.4, -0.2) is 24.0 Å². The maximum Gasteiger partial charge on any atom is 0.0934 e. The number of thiophene rings is 1. The molecule has 1 saturated heterocycles. The molecule has 1 atom stereocenters. The highest BCUT2D eigenvalue weighted by atomic mass is 35.5. The molecule has 1 aliphatic carbocycles. The molecule has 2 heterocycles. The summed E-state index contributed by atoms with van der Waals surface area (Å²) in [5.41, 5.74) is 1.91. The molecule has 0 amide bonds. The van der Waals surface area contributed by atoms with Gasteiger partial charge < -0.3 is 0 Å². The van der Waals surface area contributed by atoms with Crippen LogP contribution in [0.15, 0.2) is 6.07 Å². The number of rotatable bonds is 1. The number of likely N-dealkylation sites (tertiary alicyclic amines) is 1. The maximum absolute atomic E-state index is 6.24. The minimum atomic E-state index is 0.271. The van der Waals surface area contributed by atoms with Gasteiger partial charge in [-0.2, -0.15) is 0 Å². The lowest BCUT2D eigenvalue weighted by atomic mass is 9.69. The third-order valence-corrected chi connectivity index (χ3v) is 6.46. The summed E-state index contributed by atoms with van der Waals surface area (Å²) in [5, 5.41) is 0. The van der Waals surface area contributed by atoms with Gasteiger partial charge in [-0.3, -0.25) is 4.90 Å². The van der Waals surface area contributed by atoms with Gasteiger partial charge in [0.15, 0.2) is 0 Å². The fourth-order valence-corrected chi connectivity index (χ4v) is 5.26. The highest BCUT2D eigenvalue weighted by Crippen LogP contribution is 2.49. The molecule has 3 heteroatoms. The lowest BCUT2D eigenvalue weighted by Gasteiger charge is -2.45. The molecule has 21 heavy (non-hydrogen) atoms. The molecule has 0 aromatic carbocycles. The van der Waals surface area contributed by atoms with E-state index in [0.717, 1.165) is 17.4 Å². The summed E-state index contributed by atoms with van der Waals surface area (Å²) in [6.07, 6.45) is 11.9. The number of halogens is 1. The molecule has 1 unspecified atom stereocenters. The Morgan fingerprint density at radius 2 is 2.00 bits per heavy atom. The standard InChI is InChI=1S/C16H20ClNS.C2H6/c1-3-12(2)18-9-7-16(8-10-18)6-4-5-13-11-14(17)19-15(13)16;1-2/h1,11-12H,4-10H2,2H3;1-2H3. The molecule has 3 rings (SSSR count). The Bertz CT molecular complexity index is 506. The van der Waals surface area contributed by atoms with Gasteiger partial charge in [-0.1, -0.05) is 31.4 Å². The van der Waals surface area contributed by atoms with Crippen LogP contribution in [0.4, 0.5) is 0 Å². The normalized spacial score (nSPS) is 21.9. The van der Waals surface area contributed by atoms with Crippen molar-refractivity contribution in [3.63, 3.8) is 0 Å². The molecule has 0 radical (unpaired) electrons. The summed E-state index contributed by atoms with van der Waals surface area (Å²) >= 11 is 8.05. The average Bonchev–Trinajstić information content (AvgIpc) is 2.91. The lowest BCUT2D eigenvalue weighted by Crippen LogP contribution is -2.46. The average molecular weight is 324 g/mol. The van der Waals surface area contributed by atoms with Gasteiger partial charge in [-0.25, -0.2) is 0 Å². The lowest BCUT2D eigenvalue weighted by molar-refractivity contribution is 0.133. The van der Waals surface area contributed by atoms with E-state index in [-0.39, 0.29) is 6.04 Å². The molecule has 0 bridgehead atoms. The molecule has 1 aliphatic heterocycles. The van der Waals surface area contributed by atoms with Crippen LogP contribution < -0.4 is 0 Å². The van der Waals surface area contributed by atoms with Gasteiger partial charge >= 0.3 is 0 Å². The van der Waals surface area contributed by atoms with E-state index in [1.807, 2.05) is 25.2 Å². The smallest absolute Gasteiger partial charge is 0.0934 e. The van der Waals surface area contributed by atoms with Crippen molar-refractivity contribution in [2.75, 3.05) is 13.1 Å². The van der Waals surface area contributed by atoms with Crippen molar-refractivity contribution in [3.8, 4) is 12.3 Å². The van der Waals surface area contributed by atoms with Crippen molar-refractivity contribution in [2.24, 2.45) is 0 Å². The zero-order valence-electron chi connectivity index (χ0n) is 13.4. The minimum Gasteiger partial charge on any atom is -0.290 e. The predicted octanol–water partition coefficient (Wildman–Crippen LogP) is 5.12. The first kappa shape index (κ1) is 16.9. The molecule has 1 aromatic heterocycles. The highest BCUT2D eigenvalue weighted by molar-refractivity contribution is 7.16. The molecule has 1 aromatic rings. The third-order valence-electron chi connectivity index (χ3n) is 4.91. The Labute approximate surface area is 138 Å². The van der Waals surface area contributed by atoms with Crippen LogP contribution >= 0.6 is 22.9 Å². The number of hydrogen-bond acceptors (Lipinski definition) is 2. The Morgan fingerprint density at radius 1 is 1.33 bits per heavy atom. The fraction of sp³-hybridized carbons (Fsp3) is 0.667. The van der Waals surface area contributed by atoms with Crippen molar-refractivity contribution in [1.29, 1.82) is 0 Å². The molecule has 0 saturated carbocycles. The summed E-state index contributed by atoms with van der Waals surface area (Å²) in [6, 6.07) is 2.46. The Balaban J connectivity index is 0.000000774. The summed E-state index contributed by atoms with van der Waals surface area (Å²) < 4.78 is 0.964. The van der Waals surface area contributed by atoms with E-state index < -0.39 is 0 Å². The fourth-order valence-electron chi connectivity index (χ4n) is 3.68. The summed E-state index contributed by atoms with van der Waals surface area (Å²) in [6.45, 7) is 8.38. The maximum atomic E-state index is 6.24. The van der Waals surface area contributed by atoms with Crippen LogP contribution in [0.1, 0.15) is 56.9 Å². The van der Waals surface area contributed by atoms with Gasteiger partial charge in [0.2, 0.25) is 0 Å². The first-order valence-corrected chi connectivity index (χ1v) is 9.33. The van der Waals surface area contributed by atoms with E-state index in [0.29, 0.717) is 5.41 Å². The first-order chi connectivity index (χ1) is 10.1. The minimum absolute atomic E-state index is 0.271. The van der Waals surface area contributed by atoms with Crippen molar-refractivity contribution < 1.29 is 0 Å². The third kappa shape index (κ3) is 3.31. The number of aryl methyl sites for hydroxylation is 1. The van der Waals surface area contributed by atoms with Crippen LogP contribution in [0.2, 0.25) is 4.34 Å². The molecule has 1 spiro atoms. The van der Waals surface area contributed by atoms with E-state index in [1.165, 1.54) is 37.7 Å². The van der Waals surface area contributed by atoms with Crippen molar-refractivity contribution in [1.82, 2.24) is 4.90 Å². The predicted molar refractivity (Wildman–Crippen MR) is 94.4 cm³/mol. The Morgan fingerprint density at radius 3 is 2.62 bits per heavy atom. The second-order valence-electron chi connectivity index (χ2n) is 5.92. The summed E-state index contributed by atoms with van der Waals surface area (Å²) in [5.74, 6) is 2.86. The van der Waals surface area contributed by atoms with Crippen molar-refractivity contribution in [3.05, 3.63) is 20.8 Å². The van der Waals surface area contributed by atoms with Gasteiger partial charge in [-0.05, 0) is 50.7 Å². The number of nitrogens with zero attached hydrogens (tertiary/aromatic N) is 1.